The van der Waals surface area contributed by atoms with Crippen LogP contribution in [0.3, 0.4) is 0 Å². The van der Waals surface area contributed by atoms with Crippen LogP contribution in [-0.2, 0) is 0 Å². The highest BCUT2D eigenvalue weighted by Gasteiger charge is 2.24. The molecular weight excluding hydrogens is 208 g/mol. The summed E-state index contributed by atoms with van der Waals surface area (Å²) >= 11 is 0. The highest BCUT2D eigenvalue weighted by molar-refractivity contribution is 5.93. The average molecular weight is 220 g/mol. The molecule has 5 heteroatoms. The summed E-state index contributed by atoms with van der Waals surface area (Å²) in [6.07, 6.45) is 2.87. The Labute approximate surface area is 92.8 Å². The van der Waals surface area contributed by atoms with Gasteiger partial charge in [-0.25, -0.2) is 4.98 Å². The van der Waals surface area contributed by atoms with Gasteiger partial charge in [0, 0.05) is 19.2 Å². The normalized spacial score (nSPS) is 14.3. The van der Waals surface area contributed by atoms with E-state index in [1.165, 1.54) is 13.1 Å². The molecule has 0 aliphatic heterocycles. The molecule has 1 heterocycles. The van der Waals surface area contributed by atoms with E-state index in [0.717, 1.165) is 12.8 Å². The monoisotopic (exact) mass is 220 g/mol. The maximum absolute atomic E-state index is 11.4. The first-order valence-electron chi connectivity index (χ1n) is 5.09. The molecule has 2 rings (SSSR count). The van der Waals surface area contributed by atoms with Crippen molar-refractivity contribution in [2.75, 3.05) is 7.05 Å². The van der Waals surface area contributed by atoms with Crippen molar-refractivity contribution < 1.29 is 14.3 Å². The summed E-state index contributed by atoms with van der Waals surface area (Å²) < 4.78 is 5.52. The molecule has 5 nitrogen and oxygen atoms in total. The van der Waals surface area contributed by atoms with Crippen LogP contribution in [-0.4, -0.2) is 30.3 Å². The smallest absolute Gasteiger partial charge is 0.269 e. The second kappa shape index (κ2) is 4.30. The molecule has 0 spiro atoms. The lowest BCUT2D eigenvalue weighted by Crippen LogP contribution is -2.20. The Bertz CT molecular complexity index is 427. The Morgan fingerprint density at radius 3 is 2.88 bits per heavy atom. The predicted octanol–water partition coefficient (Wildman–Crippen LogP) is 0.795. The number of rotatable bonds is 4. The second-order valence-corrected chi connectivity index (χ2v) is 3.63. The van der Waals surface area contributed by atoms with Crippen molar-refractivity contribution in [1.29, 1.82) is 0 Å². The molecule has 1 fully saturated rings. The first-order valence-corrected chi connectivity index (χ1v) is 5.09. The maximum atomic E-state index is 11.4. The topological polar surface area (TPSA) is 68.3 Å². The highest BCUT2D eigenvalue weighted by Crippen LogP contribution is 2.27. The zero-order valence-corrected chi connectivity index (χ0v) is 8.90. The summed E-state index contributed by atoms with van der Waals surface area (Å²) in [6, 6.07) is 3.09. The SMILES string of the molecule is CNC(=O)c1cc(OC2CC2)cc(C=O)n1. The number of aromatic nitrogens is 1. The Hall–Kier alpha value is -1.91. The van der Waals surface area contributed by atoms with Crippen LogP contribution in [0.4, 0.5) is 0 Å². The van der Waals surface area contributed by atoms with E-state index in [0.29, 0.717) is 12.0 Å². The quantitative estimate of drug-likeness (QED) is 0.762. The van der Waals surface area contributed by atoms with Crippen molar-refractivity contribution >= 4 is 12.2 Å². The van der Waals surface area contributed by atoms with Crippen molar-refractivity contribution in [1.82, 2.24) is 10.3 Å². The van der Waals surface area contributed by atoms with Gasteiger partial charge in [0.15, 0.2) is 6.29 Å². The number of amides is 1. The fraction of sp³-hybridized carbons (Fsp3) is 0.364. The maximum Gasteiger partial charge on any atom is 0.269 e. The van der Waals surface area contributed by atoms with Crippen molar-refractivity contribution in [3.05, 3.63) is 23.5 Å². The third-order valence-electron chi connectivity index (χ3n) is 2.23. The molecule has 1 aliphatic carbocycles. The molecule has 1 saturated carbocycles. The molecule has 0 radical (unpaired) electrons. The fourth-order valence-corrected chi connectivity index (χ4v) is 1.28. The minimum atomic E-state index is -0.329. The first-order chi connectivity index (χ1) is 7.72. The molecule has 1 aromatic heterocycles. The molecule has 1 amide bonds. The van der Waals surface area contributed by atoms with Gasteiger partial charge in [-0.1, -0.05) is 0 Å². The number of aldehydes is 1. The highest BCUT2D eigenvalue weighted by atomic mass is 16.5. The average Bonchev–Trinajstić information content (AvgIpc) is 3.11. The Balaban J connectivity index is 2.28. The molecule has 0 bridgehead atoms. The van der Waals surface area contributed by atoms with Gasteiger partial charge in [-0.3, -0.25) is 9.59 Å². The van der Waals surface area contributed by atoms with Gasteiger partial charge in [-0.05, 0) is 12.8 Å². The van der Waals surface area contributed by atoms with Crippen LogP contribution in [0, 0.1) is 0 Å². The van der Waals surface area contributed by atoms with Crippen molar-refractivity contribution in [3.63, 3.8) is 0 Å². The summed E-state index contributed by atoms with van der Waals surface area (Å²) in [6.45, 7) is 0. The van der Waals surface area contributed by atoms with Crippen molar-refractivity contribution in [3.8, 4) is 5.75 Å². The van der Waals surface area contributed by atoms with Gasteiger partial charge in [-0.15, -0.1) is 0 Å². The lowest BCUT2D eigenvalue weighted by Gasteiger charge is -2.06. The zero-order chi connectivity index (χ0) is 11.5. The molecule has 1 aliphatic rings. The minimum Gasteiger partial charge on any atom is -0.490 e. The number of carbonyl (C=O) groups is 2. The van der Waals surface area contributed by atoms with Gasteiger partial charge >= 0.3 is 0 Å². The molecule has 1 aromatic rings. The molecule has 0 atom stereocenters. The summed E-state index contributed by atoms with van der Waals surface area (Å²) in [5, 5.41) is 2.46. The number of nitrogens with zero attached hydrogens (tertiary/aromatic N) is 1. The molecule has 0 unspecified atom stereocenters. The van der Waals surface area contributed by atoms with E-state index in [9.17, 15) is 9.59 Å². The number of hydrogen-bond acceptors (Lipinski definition) is 4. The molecule has 16 heavy (non-hydrogen) atoms. The third-order valence-corrected chi connectivity index (χ3v) is 2.23. The Kier molecular flexibility index (Phi) is 2.85. The summed E-state index contributed by atoms with van der Waals surface area (Å²) in [7, 11) is 1.51. The van der Waals surface area contributed by atoms with E-state index in [-0.39, 0.29) is 23.4 Å². The lowest BCUT2D eigenvalue weighted by molar-refractivity contribution is 0.0957. The Morgan fingerprint density at radius 1 is 1.56 bits per heavy atom. The van der Waals surface area contributed by atoms with Crippen LogP contribution < -0.4 is 10.1 Å². The molecular formula is C11H12N2O3. The van der Waals surface area contributed by atoms with Gasteiger partial charge in [0.25, 0.3) is 5.91 Å². The van der Waals surface area contributed by atoms with E-state index >= 15 is 0 Å². The van der Waals surface area contributed by atoms with Gasteiger partial charge in [-0.2, -0.15) is 0 Å². The first kappa shape index (κ1) is 10.6. The minimum absolute atomic E-state index is 0.197. The number of ether oxygens (including phenoxy) is 1. The van der Waals surface area contributed by atoms with Crippen LogP contribution in [0.1, 0.15) is 33.8 Å². The van der Waals surface area contributed by atoms with E-state index in [1.54, 1.807) is 6.07 Å². The lowest BCUT2D eigenvalue weighted by atomic mass is 10.2. The van der Waals surface area contributed by atoms with Crippen molar-refractivity contribution in [2.24, 2.45) is 0 Å². The van der Waals surface area contributed by atoms with Crippen LogP contribution in [0.5, 0.6) is 5.75 Å². The number of pyridine rings is 1. The van der Waals surface area contributed by atoms with Crippen LogP contribution in [0.25, 0.3) is 0 Å². The predicted molar refractivity (Wildman–Crippen MR) is 56.7 cm³/mol. The molecule has 0 saturated heterocycles. The van der Waals surface area contributed by atoms with Crippen LogP contribution in [0.2, 0.25) is 0 Å². The Morgan fingerprint density at radius 2 is 2.31 bits per heavy atom. The van der Waals surface area contributed by atoms with Crippen LogP contribution >= 0.6 is 0 Å². The van der Waals surface area contributed by atoms with E-state index in [2.05, 4.69) is 10.3 Å². The number of hydrogen-bond donors (Lipinski definition) is 1. The van der Waals surface area contributed by atoms with Crippen LogP contribution in [0.15, 0.2) is 12.1 Å². The molecule has 84 valence electrons. The fourth-order valence-electron chi connectivity index (χ4n) is 1.28. The number of carbonyl (C=O) groups excluding carboxylic acids is 2. The summed E-state index contributed by atoms with van der Waals surface area (Å²) in [5.74, 6) is 0.197. The zero-order valence-electron chi connectivity index (χ0n) is 8.90. The third kappa shape index (κ3) is 2.36. The summed E-state index contributed by atoms with van der Waals surface area (Å²) in [4.78, 5) is 26.0. The van der Waals surface area contributed by atoms with Gasteiger partial charge in [0.05, 0.1) is 6.10 Å². The van der Waals surface area contributed by atoms with Gasteiger partial charge in [0.1, 0.15) is 17.1 Å². The van der Waals surface area contributed by atoms with E-state index in [1.807, 2.05) is 0 Å². The van der Waals surface area contributed by atoms with E-state index in [4.69, 9.17) is 4.74 Å². The second-order valence-electron chi connectivity index (χ2n) is 3.63. The van der Waals surface area contributed by atoms with E-state index < -0.39 is 0 Å². The van der Waals surface area contributed by atoms with Gasteiger partial charge in [0.2, 0.25) is 0 Å². The standard InChI is InChI=1S/C11H12N2O3/c1-12-11(15)10-5-9(16-8-2-3-8)4-7(6-14)13-10/h4-6,8H,2-3H2,1H3,(H,12,15). The summed E-state index contributed by atoms with van der Waals surface area (Å²) in [5.41, 5.74) is 0.402. The molecule has 0 aromatic carbocycles. The van der Waals surface area contributed by atoms with Crippen molar-refractivity contribution in [2.45, 2.75) is 18.9 Å². The largest absolute Gasteiger partial charge is 0.490 e. The number of nitrogens with one attached hydrogen (secondary N) is 1. The molecule has 1 N–H and O–H groups in total. The van der Waals surface area contributed by atoms with Gasteiger partial charge < -0.3 is 10.1 Å².